The van der Waals surface area contributed by atoms with E-state index in [9.17, 15) is 26.5 Å². The Morgan fingerprint density at radius 3 is 2.65 bits per heavy atom. The molecule has 4 rings (SSSR count). The highest BCUT2D eigenvalue weighted by atomic mass is 32.1. The minimum Gasteiger partial charge on any atom is -0.461 e. The van der Waals surface area contributed by atoms with Gasteiger partial charge in [-0.05, 0) is 62.0 Å². The maximum atomic E-state index is 14.7. The van der Waals surface area contributed by atoms with E-state index < -0.39 is 38.8 Å². The summed E-state index contributed by atoms with van der Waals surface area (Å²) in [5, 5.41) is 7.18. The number of hydrogen-bond donors (Lipinski definition) is 2. The van der Waals surface area contributed by atoms with Crippen molar-refractivity contribution >= 4 is 45.2 Å². The molecule has 2 aromatic carbocycles. The van der Waals surface area contributed by atoms with Crippen molar-refractivity contribution in [2.45, 2.75) is 31.2 Å². The van der Waals surface area contributed by atoms with Gasteiger partial charge in [-0.3, -0.25) is 0 Å². The lowest BCUT2D eigenvalue weighted by molar-refractivity contribution is -0.126. The van der Waals surface area contributed by atoms with Crippen LogP contribution in [0.3, 0.4) is 0 Å². The maximum Gasteiger partial charge on any atom is 0.393 e. The molecule has 1 aliphatic rings. The van der Waals surface area contributed by atoms with Crippen LogP contribution in [0, 0.1) is 11.8 Å². The zero-order chi connectivity index (χ0) is 29.1. The first-order valence-corrected chi connectivity index (χ1v) is 16.1. The van der Waals surface area contributed by atoms with Crippen LogP contribution in [-0.2, 0) is 11.0 Å². The van der Waals surface area contributed by atoms with E-state index in [0.29, 0.717) is 33.2 Å². The van der Waals surface area contributed by atoms with Crippen LogP contribution in [0.15, 0.2) is 36.4 Å². The average molecular weight is 600 g/mol. The van der Waals surface area contributed by atoms with Gasteiger partial charge in [0.15, 0.2) is 0 Å². The summed E-state index contributed by atoms with van der Waals surface area (Å²) < 4.78 is 86.2. The lowest BCUT2D eigenvalue weighted by atomic mass is 10.0. The van der Waals surface area contributed by atoms with E-state index in [1.54, 1.807) is 43.7 Å². The van der Waals surface area contributed by atoms with Crippen LogP contribution in [0.4, 0.5) is 33.3 Å². The Morgan fingerprint density at radius 1 is 1.20 bits per heavy atom. The third-order valence-electron chi connectivity index (χ3n) is 6.65. The molecule has 0 radical (unpaired) electrons. The fourth-order valence-corrected chi connectivity index (χ4v) is 6.65. The summed E-state index contributed by atoms with van der Waals surface area (Å²) in [6.07, 6.45) is -6.10. The van der Waals surface area contributed by atoms with E-state index in [1.165, 1.54) is 6.07 Å². The molecule has 5 nitrogen and oxygen atoms in total. The molecular formula is C28H31F5N3O2PS. The van der Waals surface area contributed by atoms with Crippen molar-refractivity contribution in [2.75, 3.05) is 57.5 Å². The standard InChI is InChI=1S/C28H31F5N3O2PS/c1-36-13-11-22(21(30)16-36)35-24-7-4-6-19-20(15-28(31,32)33)26(40-27(19)24)8-5-12-34-23-10-9-18(39(2,3)37)14-25(23)38-17-29/h4,6-7,9-10,14,21-22,34-35H,11-13,15-17H2,1-3H3. The third kappa shape index (κ3) is 7.48. The Labute approximate surface area is 234 Å². The second kappa shape index (κ2) is 12.4. The van der Waals surface area contributed by atoms with E-state index >= 15 is 0 Å². The number of fused-ring (bicyclic) bond motifs is 1. The molecule has 1 aromatic heterocycles. The molecule has 2 N–H and O–H groups in total. The van der Waals surface area contributed by atoms with Crippen LogP contribution >= 0.6 is 18.5 Å². The minimum atomic E-state index is -4.44. The number of ether oxygens (including phenoxy) is 1. The molecule has 1 aliphatic heterocycles. The fourth-order valence-electron chi connectivity index (χ4n) is 4.61. The number of thiophene rings is 1. The summed E-state index contributed by atoms with van der Waals surface area (Å²) in [6.45, 7) is 3.16. The zero-order valence-electron chi connectivity index (χ0n) is 22.4. The van der Waals surface area contributed by atoms with Crippen LogP contribution in [0.5, 0.6) is 5.75 Å². The first kappa shape index (κ1) is 30.2. The molecule has 0 saturated carbocycles. The summed E-state index contributed by atoms with van der Waals surface area (Å²) in [7, 11) is -0.745. The number of benzene rings is 2. The molecular weight excluding hydrogens is 568 g/mol. The number of hydrogen-bond acceptors (Lipinski definition) is 6. The lowest BCUT2D eigenvalue weighted by Crippen LogP contribution is -2.46. The number of nitrogens with zero attached hydrogens (tertiary/aromatic N) is 1. The second-order valence-corrected chi connectivity index (χ2v) is 14.4. The number of alkyl halides is 5. The Morgan fingerprint density at radius 2 is 1.98 bits per heavy atom. The normalized spacial score (nSPS) is 18.3. The van der Waals surface area contributed by atoms with Crippen LogP contribution in [-0.4, -0.2) is 70.2 Å². The van der Waals surface area contributed by atoms with Crippen molar-refractivity contribution in [3.63, 3.8) is 0 Å². The molecule has 1 fully saturated rings. The number of anilines is 2. The Balaban J connectivity index is 1.60. The predicted molar refractivity (Wildman–Crippen MR) is 154 cm³/mol. The Hall–Kier alpha value is -2.80. The van der Waals surface area contributed by atoms with Gasteiger partial charge in [0.1, 0.15) is 19.1 Å². The number of halogens is 5. The van der Waals surface area contributed by atoms with Gasteiger partial charge < -0.3 is 24.8 Å². The van der Waals surface area contributed by atoms with E-state index in [4.69, 9.17) is 4.74 Å². The molecule has 2 unspecified atom stereocenters. The lowest BCUT2D eigenvalue weighted by Gasteiger charge is -2.33. The zero-order valence-corrected chi connectivity index (χ0v) is 24.1. The first-order chi connectivity index (χ1) is 18.9. The monoisotopic (exact) mass is 599 g/mol. The number of nitrogens with one attached hydrogen (secondary N) is 2. The summed E-state index contributed by atoms with van der Waals surface area (Å²) in [5.41, 5.74) is 1.09. The highest BCUT2D eigenvalue weighted by Gasteiger charge is 2.32. The van der Waals surface area contributed by atoms with Crippen LogP contribution < -0.4 is 20.7 Å². The van der Waals surface area contributed by atoms with Gasteiger partial charge in [0, 0.05) is 18.4 Å². The molecule has 1 saturated heterocycles. The number of piperidine rings is 1. The summed E-state index contributed by atoms with van der Waals surface area (Å²) in [6, 6.07) is 9.37. The number of rotatable bonds is 8. The Bertz CT molecular complexity index is 1460. The largest absolute Gasteiger partial charge is 0.461 e. The first-order valence-electron chi connectivity index (χ1n) is 12.7. The van der Waals surface area contributed by atoms with Crippen molar-refractivity contribution in [3.05, 3.63) is 46.8 Å². The molecule has 0 spiro atoms. The van der Waals surface area contributed by atoms with Gasteiger partial charge in [0.25, 0.3) is 0 Å². The van der Waals surface area contributed by atoms with Crippen molar-refractivity contribution in [1.82, 2.24) is 4.90 Å². The quantitative estimate of drug-likeness (QED) is 0.177. The van der Waals surface area contributed by atoms with E-state index in [2.05, 4.69) is 22.5 Å². The minimum absolute atomic E-state index is 0.0435. The van der Waals surface area contributed by atoms with Crippen LogP contribution in [0.25, 0.3) is 10.1 Å². The van der Waals surface area contributed by atoms with Gasteiger partial charge >= 0.3 is 6.18 Å². The molecule has 0 amide bonds. The predicted octanol–water partition coefficient (Wildman–Crippen LogP) is 6.48. The average Bonchev–Trinajstić information content (AvgIpc) is 3.20. The molecule has 12 heteroatoms. The summed E-state index contributed by atoms with van der Waals surface area (Å²) >= 11 is 1.14. The van der Waals surface area contributed by atoms with E-state index in [-0.39, 0.29) is 29.3 Å². The fraction of sp³-hybridized carbons (Fsp3) is 0.429. The summed E-state index contributed by atoms with van der Waals surface area (Å²) in [4.78, 5) is 2.18. The topological polar surface area (TPSA) is 53.6 Å². The van der Waals surface area contributed by atoms with Crippen molar-refractivity contribution in [2.24, 2.45) is 0 Å². The van der Waals surface area contributed by atoms with Gasteiger partial charge in [-0.25, -0.2) is 8.78 Å². The van der Waals surface area contributed by atoms with Crippen LogP contribution in [0.2, 0.25) is 0 Å². The molecule has 2 atom stereocenters. The molecule has 2 heterocycles. The molecule has 3 aromatic rings. The van der Waals surface area contributed by atoms with Crippen molar-refractivity contribution < 1.29 is 31.3 Å². The highest BCUT2D eigenvalue weighted by molar-refractivity contribution is 7.70. The molecule has 0 bridgehead atoms. The highest BCUT2D eigenvalue weighted by Crippen LogP contribution is 2.40. The molecule has 0 aliphatic carbocycles. The molecule has 216 valence electrons. The van der Waals surface area contributed by atoms with Gasteiger partial charge in [-0.2, -0.15) is 13.2 Å². The van der Waals surface area contributed by atoms with Gasteiger partial charge in [0.05, 0.1) is 40.0 Å². The van der Waals surface area contributed by atoms with Crippen LogP contribution in [0.1, 0.15) is 16.9 Å². The van der Waals surface area contributed by atoms with E-state index in [0.717, 1.165) is 17.9 Å². The van der Waals surface area contributed by atoms with Gasteiger partial charge in [0.2, 0.25) is 6.86 Å². The smallest absolute Gasteiger partial charge is 0.393 e. The van der Waals surface area contributed by atoms with Gasteiger partial charge in [-0.15, -0.1) is 11.3 Å². The summed E-state index contributed by atoms with van der Waals surface area (Å²) in [5.74, 6) is 5.89. The number of likely N-dealkylation sites (tertiary alicyclic amines) is 1. The maximum absolute atomic E-state index is 14.7. The van der Waals surface area contributed by atoms with Crippen molar-refractivity contribution in [1.29, 1.82) is 0 Å². The molecule has 40 heavy (non-hydrogen) atoms. The van der Waals surface area contributed by atoms with Gasteiger partial charge in [-0.1, -0.05) is 24.0 Å². The SMILES string of the molecule is CN1CCC(Nc2cccc3c(CC(F)(F)F)c(C#CCNc4ccc(P(C)(C)=O)cc4OCF)sc23)C(F)C1. The van der Waals surface area contributed by atoms with Crippen molar-refractivity contribution in [3.8, 4) is 17.6 Å². The Kier molecular flexibility index (Phi) is 9.33. The third-order valence-corrected chi connectivity index (χ3v) is 9.37. The van der Waals surface area contributed by atoms with E-state index in [1.807, 2.05) is 11.9 Å². The second-order valence-electron chi connectivity index (χ2n) is 10.1.